The van der Waals surface area contributed by atoms with Gasteiger partial charge in [-0.25, -0.2) is 9.97 Å². The highest BCUT2D eigenvalue weighted by molar-refractivity contribution is 5.98. The van der Waals surface area contributed by atoms with Crippen molar-refractivity contribution in [1.82, 2.24) is 15.3 Å². The molecule has 2 heterocycles. The number of amides is 1. The van der Waals surface area contributed by atoms with Gasteiger partial charge in [0.2, 0.25) is 0 Å². The van der Waals surface area contributed by atoms with Gasteiger partial charge in [-0.05, 0) is 48.7 Å². The van der Waals surface area contributed by atoms with Crippen LogP contribution in [0.25, 0.3) is 0 Å². The van der Waals surface area contributed by atoms with Gasteiger partial charge in [-0.3, -0.25) is 4.79 Å². The number of carbonyl (C=O) groups excluding carboxylic acids is 1. The molecule has 3 aromatic rings. The smallest absolute Gasteiger partial charge is 0.251 e. The van der Waals surface area contributed by atoms with Crippen molar-refractivity contribution in [2.75, 3.05) is 29.9 Å². The molecule has 7 heteroatoms. The summed E-state index contributed by atoms with van der Waals surface area (Å²) in [5.41, 5.74) is 4.76. The molecule has 29 heavy (non-hydrogen) atoms. The normalized spacial score (nSPS) is 12.6. The molecule has 1 aliphatic heterocycles. The fourth-order valence-corrected chi connectivity index (χ4v) is 3.58. The first-order valence-corrected chi connectivity index (χ1v) is 9.60. The van der Waals surface area contributed by atoms with Crippen LogP contribution in [0, 0.1) is 6.92 Å². The molecule has 0 spiro atoms. The van der Waals surface area contributed by atoms with Crippen molar-refractivity contribution < 1.29 is 9.90 Å². The lowest BCUT2D eigenvalue weighted by molar-refractivity contribution is 0.0944. The molecular weight excluding hydrogens is 366 g/mol. The van der Waals surface area contributed by atoms with Gasteiger partial charge in [0.1, 0.15) is 18.0 Å². The van der Waals surface area contributed by atoms with E-state index < -0.39 is 0 Å². The Kier molecular flexibility index (Phi) is 5.39. The van der Waals surface area contributed by atoms with Gasteiger partial charge in [0, 0.05) is 36.1 Å². The van der Waals surface area contributed by atoms with Crippen LogP contribution >= 0.6 is 0 Å². The van der Waals surface area contributed by atoms with Gasteiger partial charge in [-0.15, -0.1) is 0 Å². The Morgan fingerprint density at radius 3 is 2.86 bits per heavy atom. The topological polar surface area (TPSA) is 90.4 Å². The summed E-state index contributed by atoms with van der Waals surface area (Å²) in [6.07, 6.45) is 2.30. The molecule has 1 aromatic heterocycles. The second-order valence-electron chi connectivity index (χ2n) is 6.94. The van der Waals surface area contributed by atoms with E-state index in [1.165, 1.54) is 5.56 Å². The third kappa shape index (κ3) is 4.05. The number of nitrogens with zero attached hydrogens (tertiary/aromatic N) is 3. The minimum absolute atomic E-state index is 0.0788. The summed E-state index contributed by atoms with van der Waals surface area (Å²) in [6, 6.07) is 15.7. The lowest BCUT2D eigenvalue weighted by atomic mass is 10.0. The monoisotopic (exact) mass is 389 g/mol. The molecule has 0 saturated heterocycles. The molecule has 3 N–H and O–H groups in total. The van der Waals surface area contributed by atoms with Crippen molar-refractivity contribution in [1.29, 1.82) is 0 Å². The Labute approximate surface area is 169 Å². The fraction of sp³-hybridized carbons (Fsp3) is 0.227. The zero-order chi connectivity index (χ0) is 20.2. The Bertz CT molecular complexity index is 1040. The van der Waals surface area contributed by atoms with Crippen LogP contribution in [0.5, 0.6) is 0 Å². The van der Waals surface area contributed by atoms with E-state index >= 15 is 0 Å². The van der Waals surface area contributed by atoms with E-state index in [1.54, 1.807) is 6.33 Å². The minimum Gasteiger partial charge on any atom is -0.395 e. The number of aromatic nitrogens is 2. The predicted molar refractivity (Wildman–Crippen MR) is 113 cm³/mol. The SMILES string of the molecule is Cc1cccc(Nc2cc(N3CCc4c(C(=O)NCCO)cccc43)ncn2)c1. The molecule has 7 nitrogen and oxygen atoms in total. The number of anilines is 4. The zero-order valence-corrected chi connectivity index (χ0v) is 16.2. The minimum atomic E-state index is -0.165. The van der Waals surface area contributed by atoms with Gasteiger partial charge >= 0.3 is 0 Å². The highest BCUT2D eigenvalue weighted by Crippen LogP contribution is 2.36. The molecule has 1 aliphatic rings. The number of benzene rings is 2. The average Bonchev–Trinajstić information content (AvgIpc) is 3.16. The standard InChI is InChI=1S/C22H23N5O2/c1-15-4-2-5-16(12-15)26-20-13-21(25-14-24-20)27-10-8-17-18(6-3-7-19(17)27)22(29)23-9-11-28/h2-7,12-14,28H,8-11H2,1H3,(H,23,29)(H,24,25,26). The van der Waals surface area contributed by atoms with Crippen molar-refractivity contribution >= 4 is 28.9 Å². The maximum absolute atomic E-state index is 12.4. The molecular formula is C22H23N5O2. The maximum Gasteiger partial charge on any atom is 0.251 e. The van der Waals surface area contributed by atoms with Crippen molar-refractivity contribution in [3.8, 4) is 0 Å². The lowest BCUT2D eigenvalue weighted by Crippen LogP contribution is -2.27. The average molecular weight is 389 g/mol. The summed E-state index contributed by atoms with van der Waals surface area (Å²) < 4.78 is 0. The largest absolute Gasteiger partial charge is 0.395 e. The van der Waals surface area contributed by atoms with Crippen LogP contribution in [-0.4, -0.2) is 40.7 Å². The first-order chi connectivity index (χ1) is 14.2. The second-order valence-corrected chi connectivity index (χ2v) is 6.94. The van der Waals surface area contributed by atoms with E-state index in [0.29, 0.717) is 11.4 Å². The Morgan fingerprint density at radius 1 is 1.17 bits per heavy atom. The molecule has 0 saturated carbocycles. The molecule has 0 aliphatic carbocycles. The number of aryl methyl sites for hydroxylation is 1. The summed E-state index contributed by atoms with van der Waals surface area (Å²) in [5.74, 6) is 1.33. The first kappa shape index (κ1) is 18.9. The van der Waals surface area contributed by atoms with Crippen LogP contribution in [0.4, 0.5) is 23.0 Å². The van der Waals surface area contributed by atoms with Crippen molar-refractivity contribution in [2.24, 2.45) is 0 Å². The summed E-state index contributed by atoms with van der Waals surface area (Å²) in [4.78, 5) is 23.3. The van der Waals surface area contributed by atoms with Gasteiger partial charge in [-0.1, -0.05) is 18.2 Å². The fourth-order valence-electron chi connectivity index (χ4n) is 3.58. The number of hydrogen-bond acceptors (Lipinski definition) is 6. The number of nitrogens with one attached hydrogen (secondary N) is 2. The Balaban J connectivity index is 1.59. The Hall–Kier alpha value is -3.45. The van der Waals surface area contributed by atoms with E-state index in [4.69, 9.17) is 5.11 Å². The van der Waals surface area contributed by atoms with Gasteiger partial charge in [0.05, 0.1) is 6.61 Å². The van der Waals surface area contributed by atoms with Crippen molar-refractivity contribution in [3.05, 3.63) is 71.5 Å². The highest BCUT2D eigenvalue weighted by Gasteiger charge is 2.26. The molecule has 1 amide bonds. The molecule has 0 fully saturated rings. The number of fused-ring (bicyclic) bond motifs is 1. The second kappa shape index (κ2) is 8.28. The maximum atomic E-state index is 12.4. The molecule has 2 aromatic carbocycles. The van der Waals surface area contributed by atoms with Crippen LogP contribution in [0.15, 0.2) is 54.9 Å². The lowest BCUT2D eigenvalue weighted by Gasteiger charge is -2.19. The predicted octanol–water partition coefficient (Wildman–Crippen LogP) is 2.94. The van der Waals surface area contributed by atoms with E-state index in [0.717, 1.165) is 35.7 Å². The van der Waals surface area contributed by atoms with E-state index in [9.17, 15) is 4.79 Å². The number of hydrogen-bond donors (Lipinski definition) is 3. The Morgan fingerprint density at radius 2 is 2.03 bits per heavy atom. The summed E-state index contributed by atoms with van der Waals surface area (Å²) >= 11 is 0. The van der Waals surface area contributed by atoms with E-state index in [1.807, 2.05) is 49.4 Å². The van der Waals surface area contributed by atoms with Crippen molar-refractivity contribution in [3.63, 3.8) is 0 Å². The van der Waals surface area contributed by atoms with Crippen LogP contribution < -0.4 is 15.5 Å². The van der Waals surface area contributed by atoms with E-state index in [-0.39, 0.29) is 19.1 Å². The number of carbonyl (C=O) groups is 1. The third-order valence-corrected chi connectivity index (χ3v) is 4.89. The molecule has 0 atom stereocenters. The molecule has 148 valence electrons. The summed E-state index contributed by atoms with van der Waals surface area (Å²) in [5, 5.41) is 15.0. The third-order valence-electron chi connectivity index (χ3n) is 4.89. The molecule has 0 bridgehead atoms. The number of aliphatic hydroxyl groups is 1. The first-order valence-electron chi connectivity index (χ1n) is 9.60. The van der Waals surface area contributed by atoms with Crippen LogP contribution in [0.1, 0.15) is 21.5 Å². The van der Waals surface area contributed by atoms with Crippen LogP contribution in [0.3, 0.4) is 0 Å². The summed E-state index contributed by atoms with van der Waals surface area (Å²) in [7, 11) is 0. The number of aliphatic hydroxyl groups excluding tert-OH is 1. The molecule has 0 unspecified atom stereocenters. The van der Waals surface area contributed by atoms with Crippen LogP contribution in [-0.2, 0) is 6.42 Å². The quantitative estimate of drug-likeness (QED) is 0.601. The molecule has 0 radical (unpaired) electrons. The molecule has 4 rings (SSSR count). The van der Waals surface area contributed by atoms with Crippen molar-refractivity contribution in [2.45, 2.75) is 13.3 Å². The number of rotatable bonds is 6. The zero-order valence-electron chi connectivity index (χ0n) is 16.2. The van der Waals surface area contributed by atoms with Gasteiger partial charge in [0.25, 0.3) is 5.91 Å². The highest BCUT2D eigenvalue weighted by atomic mass is 16.3. The van der Waals surface area contributed by atoms with Crippen LogP contribution in [0.2, 0.25) is 0 Å². The van der Waals surface area contributed by atoms with Gasteiger partial charge in [-0.2, -0.15) is 0 Å². The van der Waals surface area contributed by atoms with Gasteiger partial charge in [0.15, 0.2) is 0 Å². The van der Waals surface area contributed by atoms with Gasteiger partial charge < -0.3 is 20.6 Å². The summed E-state index contributed by atoms with van der Waals surface area (Å²) in [6.45, 7) is 2.95. The van der Waals surface area contributed by atoms with E-state index in [2.05, 4.69) is 31.6 Å².